The van der Waals surface area contributed by atoms with Gasteiger partial charge < -0.3 is 20.4 Å². The van der Waals surface area contributed by atoms with Crippen molar-refractivity contribution < 1.29 is 19.4 Å². The second-order valence-corrected chi connectivity index (χ2v) is 6.94. The molecule has 2 aromatic rings. The van der Waals surface area contributed by atoms with Crippen LogP contribution in [0.15, 0.2) is 42.5 Å². The van der Waals surface area contributed by atoms with Crippen LogP contribution in [0.2, 0.25) is 0 Å². The van der Waals surface area contributed by atoms with Crippen LogP contribution in [0.25, 0.3) is 11.1 Å². The van der Waals surface area contributed by atoms with Crippen molar-refractivity contribution in [1.82, 2.24) is 10.2 Å². The Kier molecular flexibility index (Phi) is 6.42. The second kappa shape index (κ2) is 8.97. The van der Waals surface area contributed by atoms with Gasteiger partial charge in [0.15, 0.2) is 11.6 Å². The monoisotopic (exact) mass is 372 g/mol. The molecule has 3 N–H and O–H groups in total. The van der Waals surface area contributed by atoms with Crippen LogP contribution in [0.1, 0.15) is 29.6 Å². The van der Waals surface area contributed by atoms with E-state index in [9.17, 15) is 19.4 Å². The highest BCUT2D eigenvalue weighted by Crippen LogP contribution is 2.31. The van der Waals surface area contributed by atoms with E-state index in [1.54, 1.807) is 30.3 Å². The predicted molar refractivity (Wildman–Crippen MR) is 102 cm³/mol. The van der Waals surface area contributed by atoms with Crippen molar-refractivity contribution in [2.75, 3.05) is 26.2 Å². The van der Waals surface area contributed by atoms with Gasteiger partial charge in [0.25, 0.3) is 5.91 Å². The number of rotatable bonds is 6. The van der Waals surface area contributed by atoms with E-state index in [1.165, 1.54) is 18.6 Å². The third-order valence-corrected chi connectivity index (χ3v) is 4.86. The zero-order valence-corrected chi connectivity index (χ0v) is 15.2. The van der Waals surface area contributed by atoms with Crippen molar-refractivity contribution in [2.45, 2.75) is 25.4 Å². The molecule has 1 heterocycles. The van der Waals surface area contributed by atoms with Crippen molar-refractivity contribution in [3.8, 4) is 16.9 Å². The number of halogens is 1. The summed E-state index contributed by atoms with van der Waals surface area (Å²) in [6.07, 6.45) is 2.96. The average molecular weight is 372 g/mol. The molecule has 5 nitrogen and oxygen atoms in total. The number of phenolic OH excluding ortho intramolecular Hbond substituents is 1. The van der Waals surface area contributed by atoms with Gasteiger partial charge in [-0.3, -0.25) is 4.79 Å². The molecule has 0 spiro atoms. The van der Waals surface area contributed by atoms with Gasteiger partial charge in [-0.1, -0.05) is 30.7 Å². The first-order chi connectivity index (χ1) is 13.0. The van der Waals surface area contributed by atoms with E-state index >= 15 is 0 Å². The van der Waals surface area contributed by atoms with Gasteiger partial charge in [0, 0.05) is 24.2 Å². The Morgan fingerprint density at radius 1 is 1.11 bits per heavy atom. The standard InChI is InChI=1S/C21H25FN2O3/c22-19-6-4-5-18(20(19)26)15-7-9-16(10-8-15)21(27)23-13-17(25)14-24-11-2-1-3-12-24/h4-10,17,25-26H,1-3,11-14H2,(H,23,27). The molecule has 27 heavy (non-hydrogen) atoms. The van der Waals surface area contributed by atoms with E-state index in [1.807, 2.05) is 0 Å². The van der Waals surface area contributed by atoms with Crippen molar-refractivity contribution in [2.24, 2.45) is 0 Å². The maximum atomic E-state index is 13.5. The maximum absolute atomic E-state index is 13.5. The number of carbonyl (C=O) groups excluding carboxylic acids is 1. The molecule has 0 bridgehead atoms. The van der Waals surface area contributed by atoms with Crippen LogP contribution in [0.5, 0.6) is 5.75 Å². The van der Waals surface area contributed by atoms with Crippen molar-refractivity contribution in [3.63, 3.8) is 0 Å². The first kappa shape index (κ1) is 19.3. The number of para-hydroxylation sites is 1. The van der Waals surface area contributed by atoms with Crippen molar-refractivity contribution >= 4 is 5.91 Å². The number of carbonyl (C=O) groups is 1. The summed E-state index contributed by atoms with van der Waals surface area (Å²) in [6.45, 7) is 2.76. The summed E-state index contributed by atoms with van der Waals surface area (Å²) in [5, 5.41) is 22.7. The Morgan fingerprint density at radius 3 is 2.52 bits per heavy atom. The largest absolute Gasteiger partial charge is 0.504 e. The van der Waals surface area contributed by atoms with Crippen molar-refractivity contribution in [3.05, 3.63) is 53.8 Å². The number of nitrogens with one attached hydrogen (secondary N) is 1. The van der Waals surface area contributed by atoms with Crippen molar-refractivity contribution in [1.29, 1.82) is 0 Å². The molecule has 1 fully saturated rings. The van der Waals surface area contributed by atoms with Crippen LogP contribution >= 0.6 is 0 Å². The lowest BCUT2D eigenvalue weighted by Gasteiger charge is -2.28. The number of nitrogens with zero attached hydrogens (tertiary/aromatic N) is 1. The molecule has 1 saturated heterocycles. The Labute approximate surface area is 158 Å². The van der Waals surface area contributed by atoms with Crippen LogP contribution in [-0.4, -0.2) is 53.3 Å². The van der Waals surface area contributed by atoms with Gasteiger partial charge in [0.1, 0.15) is 0 Å². The van der Waals surface area contributed by atoms with E-state index in [2.05, 4.69) is 10.2 Å². The third kappa shape index (κ3) is 5.05. The summed E-state index contributed by atoms with van der Waals surface area (Å²) in [5.41, 5.74) is 1.44. The molecular formula is C21H25FN2O3. The van der Waals surface area contributed by atoms with E-state index in [-0.39, 0.29) is 12.5 Å². The first-order valence-electron chi connectivity index (χ1n) is 9.31. The van der Waals surface area contributed by atoms with E-state index in [4.69, 9.17) is 0 Å². The number of amides is 1. The fourth-order valence-corrected chi connectivity index (χ4v) is 3.37. The summed E-state index contributed by atoms with van der Waals surface area (Å²) >= 11 is 0. The normalized spacial score (nSPS) is 16.1. The molecule has 2 aromatic carbocycles. The predicted octanol–water partition coefficient (Wildman–Crippen LogP) is 2.77. The molecule has 3 rings (SSSR count). The molecule has 1 atom stereocenters. The number of hydrogen-bond acceptors (Lipinski definition) is 4. The van der Waals surface area contributed by atoms with E-state index in [0.717, 1.165) is 25.9 Å². The lowest BCUT2D eigenvalue weighted by Crippen LogP contribution is -2.42. The number of piperidine rings is 1. The fourth-order valence-electron chi connectivity index (χ4n) is 3.37. The van der Waals surface area contributed by atoms with Gasteiger partial charge in [-0.15, -0.1) is 0 Å². The number of aliphatic hydroxyl groups is 1. The van der Waals surface area contributed by atoms with Gasteiger partial charge in [-0.2, -0.15) is 0 Å². The number of β-amino-alcohol motifs (C(OH)–C–C–N with tert-alkyl or cyclic N) is 1. The minimum Gasteiger partial charge on any atom is -0.504 e. The number of aromatic hydroxyl groups is 1. The van der Waals surface area contributed by atoms with Crippen LogP contribution in [-0.2, 0) is 0 Å². The number of likely N-dealkylation sites (tertiary alicyclic amines) is 1. The van der Waals surface area contributed by atoms with Crippen LogP contribution in [0, 0.1) is 5.82 Å². The SMILES string of the molecule is O=C(NCC(O)CN1CCCCC1)c1ccc(-c2cccc(F)c2O)cc1. The average Bonchev–Trinajstić information content (AvgIpc) is 2.69. The molecule has 1 unspecified atom stereocenters. The zero-order valence-electron chi connectivity index (χ0n) is 15.2. The minimum absolute atomic E-state index is 0.196. The fraction of sp³-hybridized carbons (Fsp3) is 0.381. The highest BCUT2D eigenvalue weighted by molar-refractivity contribution is 5.94. The number of aliphatic hydroxyl groups excluding tert-OH is 1. The molecule has 0 aliphatic carbocycles. The third-order valence-electron chi connectivity index (χ3n) is 4.86. The molecule has 0 saturated carbocycles. The lowest BCUT2D eigenvalue weighted by atomic mass is 10.0. The van der Waals surface area contributed by atoms with Crippen LogP contribution in [0.4, 0.5) is 4.39 Å². The molecule has 144 valence electrons. The summed E-state index contributed by atoms with van der Waals surface area (Å²) in [4.78, 5) is 14.5. The van der Waals surface area contributed by atoms with E-state index < -0.39 is 17.7 Å². The summed E-state index contributed by atoms with van der Waals surface area (Å²) in [5.74, 6) is -1.37. The summed E-state index contributed by atoms with van der Waals surface area (Å²) in [6, 6.07) is 10.9. The van der Waals surface area contributed by atoms with Gasteiger partial charge in [0.2, 0.25) is 0 Å². The number of hydrogen-bond donors (Lipinski definition) is 3. The smallest absolute Gasteiger partial charge is 0.251 e. The van der Waals surface area contributed by atoms with Gasteiger partial charge in [-0.05, 0) is 49.7 Å². The Morgan fingerprint density at radius 2 is 1.81 bits per heavy atom. The highest BCUT2D eigenvalue weighted by Gasteiger charge is 2.16. The molecular weight excluding hydrogens is 347 g/mol. The number of benzene rings is 2. The molecule has 0 aromatic heterocycles. The molecule has 1 aliphatic rings. The van der Waals surface area contributed by atoms with Gasteiger partial charge in [0.05, 0.1) is 6.10 Å². The second-order valence-electron chi connectivity index (χ2n) is 6.94. The minimum atomic E-state index is -0.683. The molecule has 0 radical (unpaired) electrons. The maximum Gasteiger partial charge on any atom is 0.251 e. The molecule has 1 amide bonds. The lowest BCUT2D eigenvalue weighted by molar-refractivity contribution is 0.0831. The zero-order chi connectivity index (χ0) is 19.2. The molecule has 1 aliphatic heterocycles. The van der Waals surface area contributed by atoms with Gasteiger partial charge in [-0.25, -0.2) is 4.39 Å². The Bertz CT molecular complexity index is 773. The van der Waals surface area contributed by atoms with Gasteiger partial charge >= 0.3 is 0 Å². The van der Waals surface area contributed by atoms with Crippen LogP contribution < -0.4 is 5.32 Å². The summed E-state index contributed by atoms with van der Waals surface area (Å²) < 4.78 is 13.5. The topological polar surface area (TPSA) is 72.8 Å². The van der Waals surface area contributed by atoms with E-state index in [0.29, 0.717) is 23.2 Å². The Hall–Kier alpha value is -2.44. The van der Waals surface area contributed by atoms with Crippen LogP contribution in [0.3, 0.4) is 0 Å². The Balaban J connectivity index is 1.55. The molecule has 6 heteroatoms. The summed E-state index contributed by atoms with van der Waals surface area (Å²) in [7, 11) is 0. The quantitative estimate of drug-likeness (QED) is 0.729. The first-order valence-corrected chi connectivity index (χ1v) is 9.31. The highest BCUT2D eigenvalue weighted by atomic mass is 19.1. The number of phenols is 1.